The lowest BCUT2D eigenvalue weighted by atomic mass is 10.2. The minimum Gasteiger partial charge on any atom is -0.367 e. The Balaban J connectivity index is 0.00000312. The van der Waals surface area contributed by atoms with Gasteiger partial charge in [0.2, 0.25) is 0 Å². The topological polar surface area (TPSA) is 42.9 Å². The fourth-order valence-corrected chi connectivity index (χ4v) is 2.90. The van der Waals surface area contributed by atoms with Crippen molar-refractivity contribution in [2.24, 2.45) is 4.99 Å². The maximum Gasteiger partial charge on any atom is 0.191 e. The van der Waals surface area contributed by atoms with E-state index in [1.807, 2.05) is 12.1 Å². The summed E-state index contributed by atoms with van der Waals surface area (Å²) in [5.41, 5.74) is 0.724. The second-order valence-electron chi connectivity index (χ2n) is 6.43. The molecule has 2 N–H and O–H groups in total. The summed E-state index contributed by atoms with van der Waals surface area (Å²) < 4.78 is 13.8. The standard InChI is InChI=1S/C18H30FN5.HI/c1-15(2)22-18(20-3)21-9-6-10-23-11-13-24(14-12-23)17-8-5-4-7-16(17)19;/h4-5,7-8,15H,6,9-14H2,1-3H3,(H2,20,21,22);1H. The molecule has 7 heteroatoms. The monoisotopic (exact) mass is 463 g/mol. The first-order valence-electron chi connectivity index (χ1n) is 8.79. The van der Waals surface area contributed by atoms with Crippen LogP contribution in [0.25, 0.3) is 0 Å². The van der Waals surface area contributed by atoms with Crippen molar-refractivity contribution < 1.29 is 4.39 Å². The predicted molar refractivity (Wildman–Crippen MR) is 115 cm³/mol. The van der Waals surface area contributed by atoms with Gasteiger partial charge in [0.05, 0.1) is 5.69 Å². The molecule has 142 valence electrons. The Hall–Kier alpha value is -1.09. The van der Waals surface area contributed by atoms with Gasteiger partial charge in [-0.25, -0.2) is 4.39 Å². The van der Waals surface area contributed by atoms with Crippen LogP contribution in [0.1, 0.15) is 20.3 Å². The summed E-state index contributed by atoms with van der Waals surface area (Å²) in [6, 6.07) is 7.41. The first kappa shape index (κ1) is 22.0. The number of nitrogens with zero attached hydrogens (tertiary/aromatic N) is 3. The van der Waals surface area contributed by atoms with Crippen LogP contribution in [0.15, 0.2) is 29.3 Å². The number of para-hydroxylation sites is 1. The number of hydrogen-bond donors (Lipinski definition) is 2. The quantitative estimate of drug-likeness (QED) is 0.295. The molecule has 1 aromatic rings. The lowest BCUT2D eigenvalue weighted by Crippen LogP contribution is -2.47. The number of rotatable bonds is 6. The summed E-state index contributed by atoms with van der Waals surface area (Å²) in [5, 5.41) is 6.61. The van der Waals surface area contributed by atoms with E-state index in [2.05, 4.69) is 39.3 Å². The second kappa shape index (κ2) is 11.5. The third kappa shape index (κ3) is 7.35. The van der Waals surface area contributed by atoms with Gasteiger partial charge in [0.25, 0.3) is 0 Å². The number of nitrogens with one attached hydrogen (secondary N) is 2. The molecule has 2 rings (SSSR count). The van der Waals surface area contributed by atoms with Gasteiger partial charge < -0.3 is 15.5 Å². The summed E-state index contributed by atoms with van der Waals surface area (Å²) in [4.78, 5) is 8.78. The van der Waals surface area contributed by atoms with Gasteiger partial charge in [-0.2, -0.15) is 0 Å². The zero-order chi connectivity index (χ0) is 17.4. The maximum atomic E-state index is 13.8. The highest BCUT2D eigenvalue weighted by atomic mass is 127. The predicted octanol–water partition coefficient (Wildman–Crippen LogP) is 2.53. The van der Waals surface area contributed by atoms with E-state index in [9.17, 15) is 4.39 Å². The van der Waals surface area contributed by atoms with Crippen molar-refractivity contribution in [1.29, 1.82) is 0 Å². The number of aliphatic imine (C=N–C) groups is 1. The molecule has 0 spiro atoms. The number of guanidine groups is 1. The minimum absolute atomic E-state index is 0. The van der Waals surface area contributed by atoms with E-state index >= 15 is 0 Å². The van der Waals surface area contributed by atoms with E-state index in [1.54, 1.807) is 13.1 Å². The zero-order valence-electron chi connectivity index (χ0n) is 15.5. The Morgan fingerprint density at radius 1 is 1.20 bits per heavy atom. The highest BCUT2D eigenvalue weighted by molar-refractivity contribution is 14.0. The lowest BCUT2D eigenvalue weighted by molar-refractivity contribution is 0.254. The van der Waals surface area contributed by atoms with Gasteiger partial charge in [-0.15, -0.1) is 24.0 Å². The van der Waals surface area contributed by atoms with E-state index in [-0.39, 0.29) is 29.8 Å². The minimum atomic E-state index is -0.126. The molecule has 1 fully saturated rings. The Labute approximate surface area is 168 Å². The molecular weight excluding hydrogens is 432 g/mol. The van der Waals surface area contributed by atoms with Gasteiger partial charge in [0.1, 0.15) is 5.82 Å². The van der Waals surface area contributed by atoms with E-state index in [1.165, 1.54) is 6.07 Å². The summed E-state index contributed by atoms with van der Waals surface area (Å²) in [5.74, 6) is 0.730. The van der Waals surface area contributed by atoms with E-state index < -0.39 is 0 Å². The molecule has 0 saturated carbocycles. The van der Waals surface area contributed by atoms with Crippen molar-refractivity contribution >= 4 is 35.6 Å². The summed E-state index contributed by atoms with van der Waals surface area (Å²) in [6.45, 7) is 9.87. The van der Waals surface area contributed by atoms with Crippen LogP contribution in [-0.2, 0) is 0 Å². The van der Waals surface area contributed by atoms with Crippen LogP contribution in [-0.4, -0.2) is 63.2 Å². The number of hydrogen-bond acceptors (Lipinski definition) is 3. The van der Waals surface area contributed by atoms with Crippen LogP contribution >= 0.6 is 24.0 Å². The van der Waals surface area contributed by atoms with Gasteiger partial charge >= 0.3 is 0 Å². The molecule has 0 aliphatic carbocycles. The molecule has 25 heavy (non-hydrogen) atoms. The molecule has 0 unspecified atom stereocenters. The van der Waals surface area contributed by atoms with Gasteiger partial charge in [-0.3, -0.25) is 9.89 Å². The third-order valence-electron chi connectivity index (χ3n) is 4.16. The van der Waals surface area contributed by atoms with Crippen molar-refractivity contribution in [2.75, 3.05) is 51.2 Å². The van der Waals surface area contributed by atoms with Crippen molar-refractivity contribution in [3.8, 4) is 0 Å². The van der Waals surface area contributed by atoms with E-state index in [4.69, 9.17) is 0 Å². The van der Waals surface area contributed by atoms with E-state index in [0.717, 1.165) is 57.3 Å². The first-order chi connectivity index (χ1) is 11.6. The molecule has 1 aromatic carbocycles. The second-order valence-corrected chi connectivity index (χ2v) is 6.43. The largest absolute Gasteiger partial charge is 0.367 e. The summed E-state index contributed by atoms with van der Waals surface area (Å²) in [7, 11) is 1.79. The maximum absolute atomic E-state index is 13.8. The van der Waals surface area contributed by atoms with Crippen LogP contribution in [0, 0.1) is 5.82 Å². The first-order valence-corrected chi connectivity index (χ1v) is 8.79. The van der Waals surface area contributed by atoms with Crippen LogP contribution in [0.2, 0.25) is 0 Å². The van der Waals surface area contributed by atoms with Crippen molar-refractivity contribution in [1.82, 2.24) is 15.5 Å². The van der Waals surface area contributed by atoms with Crippen molar-refractivity contribution in [2.45, 2.75) is 26.3 Å². The molecule has 1 aliphatic rings. The van der Waals surface area contributed by atoms with Crippen LogP contribution in [0.3, 0.4) is 0 Å². The highest BCUT2D eigenvalue weighted by Gasteiger charge is 2.18. The number of piperazine rings is 1. The Morgan fingerprint density at radius 2 is 1.88 bits per heavy atom. The lowest BCUT2D eigenvalue weighted by Gasteiger charge is -2.36. The average molecular weight is 463 g/mol. The summed E-state index contributed by atoms with van der Waals surface area (Å²) in [6.07, 6.45) is 1.07. The van der Waals surface area contributed by atoms with Gasteiger partial charge in [0, 0.05) is 45.8 Å². The van der Waals surface area contributed by atoms with Crippen LogP contribution in [0.4, 0.5) is 10.1 Å². The van der Waals surface area contributed by atoms with Crippen LogP contribution in [0.5, 0.6) is 0 Å². The molecule has 0 amide bonds. The highest BCUT2D eigenvalue weighted by Crippen LogP contribution is 2.20. The number of benzene rings is 1. The Kier molecular flexibility index (Phi) is 10.1. The molecule has 5 nitrogen and oxygen atoms in total. The van der Waals surface area contributed by atoms with Gasteiger partial charge in [-0.05, 0) is 38.9 Å². The Morgan fingerprint density at radius 3 is 2.48 bits per heavy atom. The van der Waals surface area contributed by atoms with Crippen molar-refractivity contribution in [3.05, 3.63) is 30.1 Å². The van der Waals surface area contributed by atoms with Gasteiger partial charge in [-0.1, -0.05) is 12.1 Å². The van der Waals surface area contributed by atoms with E-state index in [0.29, 0.717) is 6.04 Å². The molecule has 0 radical (unpaired) electrons. The average Bonchev–Trinajstić information content (AvgIpc) is 2.58. The molecule has 0 aromatic heterocycles. The molecular formula is C18H31FIN5. The normalized spacial score (nSPS) is 15.9. The molecule has 1 heterocycles. The van der Waals surface area contributed by atoms with Gasteiger partial charge in [0.15, 0.2) is 5.96 Å². The molecule has 1 saturated heterocycles. The van der Waals surface area contributed by atoms with Crippen LogP contribution < -0.4 is 15.5 Å². The third-order valence-corrected chi connectivity index (χ3v) is 4.16. The zero-order valence-corrected chi connectivity index (χ0v) is 17.8. The smallest absolute Gasteiger partial charge is 0.191 e. The van der Waals surface area contributed by atoms with Crippen molar-refractivity contribution in [3.63, 3.8) is 0 Å². The SMILES string of the molecule is CN=C(NCCCN1CCN(c2ccccc2F)CC1)NC(C)C.I. The fraction of sp³-hybridized carbons (Fsp3) is 0.611. The fourth-order valence-electron chi connectivity index (χ4n) is 2.90. The molecule has 0 atom stereocenters. The molecule has 0 bridgehead atoms. The summed E-state index contributed by atoms with van der Waals surface area (Å²) >= 11 is 0. The Bertz CT molecular complexity index is 530. The number of anilines is 1. The molecule has 1 aliphatic heterocycles. The number of halogens is 2.